The van der Waals surface area contributed by atoms with Gasteiger partial charge in [-0.3, -0.25) is 4.79 Å². The molecule has 0 N–H and O–H groups in total. The van der Waals surface area contributed by atoms with E-state index in [9.17, 15) is 4.79 Å². The van der Waals surface area contributed by atoms with Crippen molar-refractivity contribution in [3.8, 4) is 0 Å². The Bertz CT molecular complexity index is 247. The smallest absolute Gasteiger partial charge is 0.306 e. The molecule has 4 heteroatoms. The molecule has 0 bridgehead atoms. The fourth-order valence-electron chi connectivity index (χ4n) is 2.86. The summed E-state index contributed by atoms with van der Waals surface area (Å²) in [7, 11) is 0. The van der Waals surface area contributed by atoms with Gasteiger partial charge in [-0.1, -0.05) is 0 Å². The Balaban J connectivity index is 1.99. The fourth-order valence-corrected chi connectivity index (χ4v) is 2.86. The van der Waals surface area contributed by atoms with Crippen molar-refractivity contribution in [2.75, 3.05) is 13.2 Å². The van der Waals surface area contributed by atoms with Crippen molar-refractivity contribution in [1.29, 1.82) is 0 Å². The highest BCUT2D eigenvalue weighted by Gasteiger charge is 2.48. The number of esters is 1. The molecule has 0 aromatic rings. The summed E-state index contributed by atoms with van der Waals surface area (Å²) in [4.78, 5) is 11.2. The highest BCUT2D eigenvalue weighted by atomic mass is 16.7. The minimum atomic E-state index is -0.167. The monoisotopic (exact) mass is 228 g/mol. The van der Waals surface area contributed by atoms with Crippen molar-refractivity contribution in [1.82, 2.24) is 0 Å². The molecule has 1 saturated heterocycles. The molecule has 0 aromatic heterocycles. The number of carbonyl (C=O) groups excluding carboxylic acids is 1. The first-order chi connectivity index (χ1) is 7.76. The Morgan fingerprint density at radius 3 is 2.62 bits per heavy atom. The third-order valence-corrected chi connectivity index (χ3v) is 3.51. The van der Waals surface area contributed by atoms with Gasteiger partial charge in [0.1, 0.15) is 6.10 Å². The summed E-state index contributed by atoms with van der Waals surface area (Å²) in [5.74, 6) is 0.554. The molecule has 0 radical (unpaired) electrons. The molecule has 4 nitrogen and oxygen atoms in total. The zero-order valence-corrected chi connectivity index (χ0v) is 9.98. The van der Waals surface area contributed by atoms with Crippen LogP contribution in [0, 0.1) is 11.8 Å². The SMILES string of the molecule is CCOC(OCC)[C@H]1CC[C@@H]2OC(=O)C[C@@H]21. The maximum Gasteiger partial charge on any atom is 0.306 e. The summed E-state index contributed by atoms with van der Waals surface area (Å²) >= 11 is 0. The molecule has 16 heavy (non-hydrogen) atoms. The molecule has 2 rings (SSSR count). The molecule has 0 amide bonds. The summed E-state index contributed by atoms with van der Waals surface area (Å²) in [5.41, 5.74) is 0. The van der Waals surface area contributed by atoms with Crippen LogP contribution in [0.1, 0.15) is 33.1 Å². The van der Waals surface area contributed by atoms with E-state index in [2.05, 4.69) is 0 Å². The van der Waals surface area contributed by atoms with Crippen LogP contribution in [-0.2, 0) is 19.0 Å². The van der Waals surface area contributed by atoms with Crippen molar-refractivity contribution in [3.63, 3.8) is 0 Å². The summed E-state index contributed by atoms with van der Waals surface area (Å²) in [5, 5.41) is 0. The molecule has 1 heterocycles. The van der Waals surface area contributed by atoms with E-state index in [1.165, 1.54) is 0 Å². The molecule has 0 aromatic carbocycles. The highest BCUT2D eigenvalue weighted by Crippen LogP contribution is 2.43. The average Bonchev–Trinajstić information content (AvgIpc) is 2.76. The number of hydrogen-bond acceptors (Lipinski definition) is 4. The standard InChI is InChI=1S/C12H20O4/c1-3-14-12(15-4-2)8-5-6-10-9(8)7-11(13)16-10/h8-10,12H,3-7H2,1-2H3/t8-,9+,10-/m0/s1. The fraction of sp³-hybridized carbons (Fsp3) is 0.917. The normalized spacial score (nSPS) is 33.2. The van der Waals surface area contributed by atoms with Gasteiger partial charge in [0.25, 0.3) is 0 Å². The molecule has 3 atom stereocenters. The second-order valence-corrected chi connectivity index (χ2v) is 4.42. The van der Waals surface area contributed by atoms with Gasteiger partial charge in [0.2, 0.25) is 0 Å². The molecule has 0 spiro atoms. The Kier molecular flexibility index (Phi) is 3.82. The van der Waals surface area contributed by atoms with Crippen LogP contribution in [0.5, 0.6) is 0 Å². The van der Waals surface area contributed by atoms with Crippen LogP contribution in [0.15, 0.2) is 0 Å². The Labute approximate surface area is 96.2 Å². The van der Waals surface area contributed by atoms with E-state index in [0.29, 0.717) is 31.5 Å². The van der Waals surface area contributed by atoms with Crippen LogP contribution in [0.3, 0.4) is 0 Å². The van der Waals surface area contributed by atoms with Crippen molar-refractivity contribution in [2.45, 2.75) is 45.5 Å². The maximum absolute atomic E-state index is 11.2. The zero-order chi connectivity index (χ0) is 11.5. The lowest BCUT2D eigenvalue weighted by Gasteiger charge is -2.26. The largest absolute Gasteiger partial charge is 0.462 e. The van der Waals surface area contributed by atoms with E-state index in [1.807, 2.05) is 13.8 Å². The van der Waals surface area contributed by atoms with Crippen molar-refractivity contribution in [2.24, 2.45) is 11.8 Å². The lowest BCUT2D eigenvalue weighted by Crippen LogP contribution is -2.31. The van der Waals surface area contributed by atoms with E-state index in [0.717, 1.165) is 12.8 Å². The second kappa shape index (κ2) is 5.15. The maximum atomic E-state index is 11.2. The topological polar surface area (TPSA) is 44.8 Å². The summed E-state index contributed by atoms with van der Waals surface area (Å²) in [6, 6.07) is 0. The highest BCUT2D eigenvalue weighted by molar-refractivity contribution is 5.72. The first-order valence-electron chi connectivity index (χ1n) is 6.19. The van der Waals surface area contributed by atoms with E-state index in [1.54, 1.807) is 0 Å². The average molecular weight is 228 g/mol. The predicted octanol–water partition coefficient (Wildman–Crippen LogP) is 1.73. The summed E-state index contributed by atoms with van der Waals surface area (Å²) in [6.07, 6.45) is 2.47. The summed E-state index contributed by atoms with van der Waals surface area (Å²) in [6.45, 7) is 5.23. The van der Waals surface area contributed by atoms with Gasteiger partial charge in [0, 0.05) is 25.0 Å². The van der Waals surface area contributed by atoms with E-state index in [4.69, 9.17) is 14.2 Å². The van der Waals surface area contributed by atoms with Gasteiger partial charge in [0.05, 0.1) is 6.42 Å². The van der Waals surface area contributed by atoms with E-state index >= 15 is 0 Å². The van der Waals surface area contributed by atoms with Crippen LogP contribution in [0.25, 0.3) is 0 Å². The Morgan fingerprint density at radius 1 is 1.31 bits per heavy atom. The molecule has 0 unspecified atom stereocenters. The number of carbonyl (C=O) groups is 1. The van der Waals surface area contributed by atoms with Gasteiger partial charge in [-0.05, 0) is 26.7 Å². The lowest BCUT2D eigenvalue weighted by atomic mass is 9.92. The number of hydrogen-bond donors (Lipinski definition) is 0. The summed E-state index contributed by atoms with van der Waals surface area (Å²) < 4.78 is 16.5. The number of fused-ring (bicyclic) bond motifs is 1. The first-order valence-corrected chi connectivity index (χ1v) is 6.19. The van der Waals surface area contributed by atoms with Crippen LogP contribution in [-0.4, -0.2) is 31.6 Å². The van der Waals surface area contributed by atoms with E-state index in [-0.39, 0.29) is 18.4 Å². The van der Waals surface area contributed by atoms with Gasteiger partial charge >= 0.3 is 5.97 Å². The quantitative estimate of drug-likeness (QED) is 0.531. The van der Waals surface area contributed by atoms with Crippen molar-refractivity contribution in [3.05, 3.63) is 0 Å². The first kappa shape index (κ1) is 11.9. The molecular formula is C12H20O4. The lowest BCUT2D eigenvalue weighted by molar-refractivity contribution is -0.174. The zero-order valence-electron chi connectivity index (χ0n) is 9.98. The number of rotatable bonds is 5. The van der Waals surface area contributed by atoms with E-state index < -0.39 is 0 Å². The minimum absolute atomic E-state index is 0.0635. The molecule has 92 valence electrons. The Morgan fingerprint density at radius 2 is 2.00 bits per heavy atom. The van der Waals surface area contributed by atoms with Gasteiger partial charge in [-0.25, -0.2) is 0 Å². The van der Waals surface area contributed by atoms with Crippen molar-refractivity contribution < 1.29 is 19.0 Å². The molecule has 1 saturated carbocycles. The van der Waals surface area contributed by atoms with Gasteiger partial charge in [-0.2, -0.15) is 0 Å². The van der Waals surface area contributed by atoms with Crippen LogP contribution >= 0.6 is 0 Å². The third kappa shape index (κ3) is 2.23. The predicted molar refractivity (Wildman–Crippen MR) is 57.8 cm³/mol. The molecular weight excluding hydrogens is 208 g/mol. The van der Waals surface area contributed by atoms with Crippen LogP contribution < -0.4 is 0 Å². The number of ether oxygens (including phenoxy) is 3. The molecule has 1 aliphatic carbocycles. The van der Waals surface area contributed by atoms with Crippen LogP contribution in [0.4, 0.5) is 0 Å². The minimum Gasteiger partial charge on any atom is -0.462 e. The molecule has 1 aliphatic heterocycles. The van der Waals surface area contributed by atoms with Gasteiger partial charge in [-0.15, -0.1) is 0 Å². The van der Waals surface area contributed by atoms with Gasteiger partial charge in [0.15, 0.2) is 6.29 Å². The van der Waals surface area contributed by atoms with Gasteiger partial charge < -0.3 is 14.2 Å². The molecule has 2 fully saturated rings. The van der Waals surface area contributed by atoms with Crippen molar-refractivity contribution >= 4 is 5.97 Å². The third-order valence-electron chi connectivity index (χ3n) is 3.51. The second-order valence-electron chi connectivity index (χ2n) is 4.42. The Hall–Kier alpha value is -0.610. The molecule has 2 aliphatic rings. The van der Waals surface area contributed by atoms with Crippen LogP contribution in [0.2, 0.25) is 0 Å².